The van der Waals surface area contributed by atoms with Crippen LogP contribution in [0.5, 0.6) is 5.75 Å². The molecule has 7 heteroatoms. The van der Waals surface area contributed by atoms with Crippen molar-refractivity contribution < 1.29 is 9.13 Å². The van der Waals surface area contributed by atoms with Crippen LogP contribution in [0.1, 0.15) is 24.8 Å². The summed E-state index contributed by atoms with van der Waals surface area (Å²) < 4.78 is 19.6. The maximum atomic E-state index is 14.2. The van der Waals surface area contributed by atoms with Gasteiger partial charge < -0.3 is 20.3 Å². The van der Waals surface area contributed by atoms with Gasteiger partial charge >= 0.3 is 0 Å². The Balaban J connectivity index is 0.00000272. The largest absolute Gasteiger partial charge is 0.497 e. The molecule has 2 aromatic rings. The number of halogens is 2. The first-order valence-electron chi connectivity index (χ1n) is 10.7. The Bertz CT molecular complexity index is 903. The summed E-state index contributed by atoms with van der Waals surface area (Å²) >= 11 is 0. The van der Waals surface area contributed by atoms with Crippen LogP contribution >= 0.6 is 24.0 Å². The number of methoxy groups -OCH3 is 1. The van der Waals surface area contributed by atoms with E-state index in [1.54, 1.807) is 26.3 Å². The van der Waals surface area contributed by atoms with E-state index in [-0.39, 0.29) is 35.2 Å². The van der Waals surface area contributed by atoms with Crippen LogP contribution in [-0.4, -0.2) is 46.3 Å². The van der Waals surface area contributed by atoms with Crippen LogP contribution < -0.4 is 20.3 Å². The summed E-state index contributed by atoms with van der Waals surface area (Å²) in [5.74, 6) is 2.12. The Morgan fingerprint density at radius 2 is 2.00 bits per heavy atom. The number of guanidine groups is 1. The topological polar surface area (TPSA) is 48.9 Å². The molecule has 0 spiro atoms. The van der Waals surface area contributed by atoms with E-state index >= 15 is 0 Å². The highest BCUT2D eigenvalue weighted by Crippen LogP contribution is 2.48. The highest BCUT2D eigenvalue weighted by Gasteiger charge is 2.45. The van der Waals surface area contributed by atoms with Crippen molar-refractivity contribution in [2.45, 2.75) is 24.7 Å². The zero-order chi connectivity index (χ0) is 21.0. The van der Waals surface area contributed by atoms with Crippen LogP contribution in [0.2, 0.25) is 0 Å². The van der Waals surface area contributed by atoms with E-state index in [4.69, 9.17) is 4.74 Å². The summed E-state index contributed by atoms with van der Waals surface area (Å²) in [5.41, 5.74) is 1.93. The van der Waals surface area contributed by atoms with Crippen LogP contribution in [-0.2, 0) is 5.41 Å². The third-order valence-corrected chi connectivity index (χ3v) is 6.38. The Labute approximate surface area is 201 Å². The van der Waals surface area contributed by atoms with Crippen LogP contribution in [0.4, 0.5) is 10.1 Å². The predicted molar refractivity (Wildman–Crippen MR) is 135 cm³/mol. The molecule has 1 aliphatic heterocycles. The molecule has 1 heterocycles. The fraction of sp³-hybridized carbons (Fsp3) is 0.458. The minimum absolute atomic E-state index is 0. The third kappa shape index (κ3) is 5.61. The Kier molecular flexibility index (Phi) is 8.02. The quantitative estimate of drug-likeness (QED) is 0.316. The van der Waals surface area contributed by atoms with Crippen molar-refractivity contribution in [1.82, 2.24) is 10.6 Å². The van der Waals surface area contributed by atoms with E-state index in [2.05, 4.69) is 32.7 Å². The fourth-order valence-electron chi connectivity index (χ4n) is 4.34. The Hall–Kier alpha value is -2.03. The molecule has 2 fully saturated rings. The number of hydrogen-bond donors (Lipinski definition) is 2. The van der Waals surface area contributed by atoms with Gasteiger partial charge in [-0.2, -0.15) is 0 Å². The number of benzene rings is 2. The molecular weight excluding hydrogens is 506 g/mol. The SMILES string of the molecule is CN=C(NCC1CCN(c2cccc(OC)c2)C1)NCC1(c2ccccc2F)CC1.I. The smallest absolute Gasteiger partial charge is 0.191 e. The second-order valence-electron chi connectivity index (χ2n) is 8.37. The monoisotopic (exact) mass is 538 g/mol. The molecule has 0 radical (unpaired) electrons. The third-order valence-electron chi connectivity index (χ3n) is 6.38. The van der Waals surface area contributed by atoms with Crippen molar-refractivity contribution in [3.8, 4) is 5.75 Å². The van der Waals surface area contributed by atoms with Gasteiger partial charge in [0.1, 0.15) is 11.6 Å². The van der Waals surface area contributed by atoms with Gasteiger partial charge in [0, 0.05) is 50.4 Å². The number of nitrogens with one attached hydrogen (secondary N) is 2. The van der Waals surface area contributed by atoms with E-state index in [1.165, 1.54) is 5.69 Å². The molecule has 5 nitrogen and oxygen atoms in total. The number of nitrogens with zero attached hydrogens (tertiary/aromatic N) is 2. The molecule has 168 valence electrons. The molecule has 0 bridgehead atoms. The number of aliphatic imine (C=N–C) groups is 1. The predicted octanol–water partition coefficient (Wildman–Crippen LogP) is 4.18. The molecule has 4 rings (SSSR count). The van der Waals surface area contributed by atoms with Gasteiger partial charge in [0.05, 0.1) is 7.11 Å². The lowest BCUT2D eigenvalue weighted by Crippen LogP contribution is -2.43. The molecule has 2 N–H and O–H groups in total. The average molecular weight is 538 g/mol. The van der Waals surface area contributed by atoms with Gasteiger partial charge in [0.2, 0.25) is 0 Å². The molecule has 1 unspecified atom stereocenters. The van der Waals surface area contributed by atoms with Crippen LogP contribution in [0.15, 0.2) is 53.5 Å². The van der Waals surface area contributed by atoms with Crippen molar-refractivity contribution in [2.24, 2.45) is 10.9 Å². The van der Waals surface area contributed by atoms with Crippen molar-refractivity contribution in [1.29, 1.82) is 0 Å². The lowest BCUT2D eigenvalue weighted by Gasteiger charge is -2.21. The van der Waals surface area contributed by atoms with Crippen molar-refractivity contribution in [3.05, 3.63) is 59.9 Å². The van der Waals surface area contributed by atoms with Gasteiger partial charge in [-0.1, -0.05) is 24.3 Å². The van der Waals surface area contributed by atoms with Crippen LogP contribution in [0.25, 0.3) is 0 Å². The normalized spacial score (nSPS) is 19.5. The zero-order valence-corrected chi connectivity index (χ0v) is 20.6. The summed E-state index contributed by atoms with van der Waals surface area (Å²) in [6.45, 7) is 3.62. The summed E-state index contributed by atoms with van der Waals surface area (Å²) in [6, 6.07) is 15.4. The first kappa shape index (κ1) is 23.6. The lowest BCUT2D eigenvalue weighted by atomic mass is 9.95. The average Bonchev–Trinajstić information content (AvgIpc) is 3.42. The number of anilines is 1. The van der Waals surface area contributed by atoms with E-state index in [1.807, 2.05) is 24.3 Å². The van der Waals surface area contributed by atoms with Gasteiger partial charge in [-0.25, -0.2) is 4.39 Å². The minimum Gasteiger partial charge on any atom is -0.497 e. The maximum absolute atomic E-state index is 14.2. The molecule has 1 atom stereocenters. The van der Waals surface area contributed by atoms with Gasteiger partial charge in [-0.3, -0.25) is 4.99 Å². The highest BCUT2D eigenvalue weighted by molar-refractivity contribution is 14.0. The van der Waals surface area contributed by atoms with Gasteiger partial charge in [-0.15, -0.1) is 24.0 Å². The Morgan fingerprint density at radius 1 is 1.19 bits per heavy atom. The minimum atomic E-state index is -0.108. The van der Waals surface area contributed by atoms with Gasteiger partial charge in [-0.05, 0) is 48.9 Å². The standard InChI is InChI=1S/C24H31FN4O.HI/c1-26-23(28-17-24(11-12-24)21-8-3-4-9-22(21)25)27-15-18-10-13-29(16-18)19-6-5-7-20(14-19)30-2;/h3-9,14,18H,10-13,15-17H2,1-2H3,(H2,26,27,28);1H. The second-order valence-corrected chi connectivity index (χ2v) is 8.37. The molecular formula is C24H32FIN4O. The molecule has 0 aromatic heterocycles. The van der Waals surface area contributed by atoms with Crippen LogP contribution in [0.3, 0.4) is 0 Å². The molecule has 2 aromatic carbocycles. The molecule has 0 amide bonds. The zero-order valence-electron chi connectivity index (χ0n) is 18.2. The lowest BCUT2D eigenvalue weighted by molar-refractivity contribution is 0.415. The van der Waals surface area contributed by atoms with E-state index < -0.39 is 0 Å². The summed E-state index contributed by atoms with van der Waals surface area (Å²) in [7, 11) is 3.49. The maximum Gasteiger partial charge on any atom is 0.191 e. The van der Waals surface area contributed by atoms with E-state index in [9.17, 15) is 4.39 Å². The number of rotatable bonds is 7. The van der Waals surface area contributed by atoms with Gasteiger partial charge in [0.25, 0.3) is 0 Å². The van der Waals surface area contributed by atoms with E-state index in [0.29, 0.717) is 12.5 Å². The molecule has 31 heavy (non-hydrogen) atoms. The number of hydrogen-bond acceptors (Lipinski definition) is 3. The highest BCUT2D eigenvalue weighted by atomic mass is 127. The fourth-order valence-corrected chi connectivity index (χ4v) is 4.34. The first-order valence-corrected chi connectivity index (χ1v) is 10.7. The summed E-state index contributed by atoms with van der Waals surface area (Å²) in [5, 5.41) is 6.89. The number of ether oxygens (including phenoxy) is 1. The molecule has 2 aliphatic rings. The van der Waals surface area contributed by atoms with Gasteiger partial charge in [0.15, 0.2) is 5.96 Å². The summed E-state index contributed by atoms with van der Waals surface area (Å²) in [6.07, 6.45) is 3.16. The molecule has 1 aliphatic carbocycles. The van der Waals surface area contributed by atoms with Crippen molar-refractivity contribution >= 4 is 35.6 Å². The van der Waals surface area contributed by atoms with E-state index in [0.717, 1.165) is 56.2 Å². The summed E-state index contributed by atoms with van der Waals surface area (Å²) in [4.78, 5) is 6.77. The first-order chi connectivity index (χ1) is 14.6. The Morgan fingerprint density at radius 3 is 2.71 bits per heavy atom. The second kappa shape index (κ2) is 10.5. The molecule has 1 saturated carbocycles. The molecule has 1 saturated heterocycles. The van der Waals surface area contributed by atoms with Crippen molar-refractivity contribution in [2.75, 3.05) is 45.2 Å². The van der Waals surface area contributed by atoms with Crippen molar-refractivity contribution in [3.63, 3.8) is 0 Å². The van der Waals surface area contributed by atoms with Crippen LogP contribution in [0, 0.1) is 11.7 Å².